The van der Waals surface area contributed by atoms with Crippen LogP contribution in [0, 0.1) is 0 Å². The van der Waals surface area contributed by atoms with E-state index in [0.29, 0.717) is 5.76 Å². The van der Waals surface area contributed by atoms with Crippen molar-refractivity contribution in [1.82, 2.24) is 5.32 Å². The first kappa shape index (κ1) is 13.7. The van der Waals surface area contributed by atoms with Gasteiger partial charge in [0, 0.05) is 0 Å². The van der Waals surface area contributed by atoms with E-state index < -0.39 is 30.2 Å². The number of hydrogen-bond donors (Lipinski definition) is 4. The molecule has 0 fully saturated rings. The van der Waals surface area contributed by atoms with Crippen LogP contribution in [0.4, 0.5) is 0 Å². The summed E-state index contributed by atoms with van der Waals surface area (Å²) in [5.74, 6) is -2.62. The van der Waals surface area contributed by atoms with E-state index >= 15 is 0 Å². The second kappa shape index (κ2) is 5.82. The van der Waals surface area contributed by atoms with E-state index in [0.717, 1.165) is 0 Å². The van der Waals surface area contributed by atoms with Crippen LogP contribution in [0.2, 0.25) is 0 Å². The van der Waals surface area contributed by atoms with Crippen molar-refractivity contribution in [2.24, 2.45) is 11.5 Å². The second-order valence-corrected chi connectivity index (χ2v) is 3.50. The lowest BCUT2D eigenvalue weighted by Gasteiger charge is -2.11. The summed E-state index contributed by atoms with van der Waals surface area (Å²) in [4.78, 5) is 33.0. The summed E-state index contributed by atoms with van der Waals surface area (Å²) in [6, 6.07) is 1.47. The standard InChI is InChI=1S/C10H13N3O5/c11-4-5-1-2-7(18-5)9(15)13-6(10(16)17)3-8(12)14/h1-2,6H,3-4,11H2,(H2,12,14)(H,13,15)(H,16,17)/t6-/m0/s1. The Labute approximate surface area is 102 Å². The van der Waals surface area contributed by atoms with Crippen LogP contribution in [-0.4, -0.2) is 28.9 Å². The number of aliphatic carboxylic acids is 1. The monoisotopic (exact) mass is 255 g/mol. The zero-order valence-corrected chi connectivity index (χ0v) is 9.38. The summed E-state index contributed by atoms with van der Waals surface area (Å²) in [5.41, 5.74) is 10.2. The van der Waals surface area contributed by atoms with Crippen molar-refractivity contribution >= 4 is 17.8 Å². The fraction of sp³-hybridized carbons (Fsp3) is 0.300. The quantitative estimate of drug-likeness (QED) is 0.501. The van der Waals surface area contributed by atoms with Crippen molar-refractivity contribution in [3.05, 3.63) is 23.7 Å². The molecule has 0 radical (unpaired) electrons. The predicted octanol–water partition coefficient (Wildman–Crippen LogP) is -1.20. The van der Waals surface area contributed by atoms with E-state index in [1.165, 1.54) is 12.1 Å². The van der Waals surface area contributed by atoms with Crippen LogP contribution < -0.4 is 16.8 Å². The number of rotatable bonds is 6. The van der Waals surface area contributed by atoms with Crippen molar-refractivity contribution in [3.63, 3.8) is 0 Å². The molecule has 0 aliphatic rings. The molecule has 1 aromatic rings. The molecule has 1 aromatic heterocycles. The predicted molar refractivity (Wildman–Crippen MR) is 59.3 cm³/mol. The molecule has 0 aliphatic carbocycles. The minimum atomic E-state index is -1.39. The normalized spacial score (nSPS) is 11.8. The third-order valence-corrected chi connectivity index (χ3v) is 2.10. The number of furan rings is 1. The van der Waals surface area contributed by atoms with Crippen LogP contribution in [0.15, 0.2) is 16.5 Å². The van der Waals surface area contributed by atoms with Crippen molar-refractivity contribution in [2.45, 2.75) is 19.0 Å². The van der Waals surface area contributed by atoms with Crippen LogP contribution in [0.25, 0.3) is 0 Å². The summed E-state index contributed by atoms with van der Waals surface area (Å²) in [7, 11) is 0. The highest BCUT2D eigenvalue weighted by molar-refractivity contribution is 5.95. The number of carbonyl (C=O) groups is 3. The fourth-order valence-electron chi connectivity index (χ4n) is 1.24. The van der Waals surface area contributed by atoms with E-state index in [2.05, 4.69) is 5.32 Å². The van der Waals surface area contributed by atoms with Gasteiger partial charge in [-0.25, -0.2) is 4.79 Å². The highest BCUT2D eigenvalue weighted by Gasteiger charge is 2.23. The maximum absolute atomic E-state index is 11.6. The molecule has 18 heavy (non-hydrogen) atoms. The van der Waals surface area contributed by atoms with E-state index in [-0.39, 0.29) is 12.3 Å². The average Bonchev–Trinajstić information content (AvgIpc) is 2.75. The maximum atomic E-state index is 11.6. The summed E-state index contributed by atoms with van der Waals surface area (Å²) >= 11 is 0. The van der Waals surface area contributed by atoms with Gasteiger partial charge in [-0.1, -0.05) is 0 Å². The third-order valence-electron chi connectivity index (χ3n) is 2.10. The largest absolute Gasteiger partial charge is 0.480 e. The Hall–Kier alpha value is -2.35. The Balaban J connectivity index is 2.71. The number of carboxylic acid groups (broad SMARTS) is 1. The average molecular weight is 255 g/mol. The number of carboxylic acids is 1. The molecule has 0 saturated carbocycles. The third kappa shape index (κ3) is 3.59. The highest BCUT2D eigenvalue weighted by atomic mass is 16.4. The van der Waals surface area contributed by atoms with Gasteiger partial charge in [0.15, 0.2) is 5.76 Å². The molecule has 0 spiro atoms. The molecule has 1 rings (SSSR count). The lowest BCUT2D eigenvalue weighted by atomic mass is 10.2. The Morgan fingerprint density at radius 1 is 1.39 bits per heavy atom. The topological polar surface area (TPSA) is 149 Å². The van der Waals surface area contributed by atoms with Crippen LogP contribution in [0.5, 0.6) is 0 Å². The molecule has 98 valence electrons. The molecule has 0 bridgehead atoms. The summed E-state index contributed by atoms with van der Waals surface area (Å²) in [6.45, 7) is 0.122. The molecule has 2 amide bonds. The molecule has 0 aromatic carbocycles. The molecule has 1 heterocycles. The number of primary amides is 1. The number of amides is 2. The molecule has 0 saturated heterocycles. The first-order chi connectivity index (χ1) is 8.43. The van der Waals surface area contributed by atoms with Crippen molar-refractivity contribution in [2.75, 3.05) is 0 Å². The van der Waals surface area contributed by atoms with Crippen LogP contribution in [0.3, 0.4) is 0 Å². The molecule has 0 unspecified atom stereocenters. The molecule has 6 N–H and O–H groups in total. The van der Waals surface area contributed by atoms with Gasteiger partial charge in [0.1, 0.15) is 11.8 Å². The molecule has 8 nitrogen and oxygen atoms in total. The van der Waals surface area contributed by atoms with E-state index in [1.54, 1.807) is 0 Å². The van der Waals surface area contributed by atoms with Crippen LogP contribution in [-0.2, 0) is 16.1 Å². The molecule has 1 atom stereocenters. The minimum absolute atomic E-state index is 0.0776. The Bertz CT molecular complexity index is 468. The van der Waals surface area contributed by atoms with Gasteiger partial charge in [0.05, 0.1) is 13.0 Å². The van der Waals surface area contributed by atoms with Crippen molar-refractivity contribution in [3.8, 4) is 0 Å². The minimum Gasteiger partial charge on any atom is -0.480 e. The van der Waals surface area contributed by atoms with Gasteiger partial charge in [-0.2, -0.15) is 0 Å². The number of carbonyl (C=O) groups excluding carboxylic acids is 2. The van der Waals surface area contributed by atoms with Crippen molar-refractivity contribution < 1.29 is 23.9 Å². The summed E-state index contributed by atoms with van der Waals surface area (Å²) < 4.78 is 5.03. The van der Waals surface area contributed by atoms with E-state index in [1.807, 2.05) is 0 Å². The number of nitrogens with two attached hydrogens (primary N) is 2. The second-order valence-electron chi connectivity index (χ2n) is 3.50. The van der Waals surface area contributed by atoms with Crippen LogP contribution >= 0.6 is 0 Å². The summed E-state index contributed by atoms with van der Waals surface area (Å²) in [6.07, 6.45) is -0.495. The number of nitrogens with one attached hydrogen (secondary N) is 1. The Morgan fingerprint density at radius 3 is 2.50 bits per heavy atom. The van der Waals surface area contributed by atoms with E-state index in [4.69, 9.17) is 21.0 Å². The van der Waals surface area contributed by atoms with Crippen LogP contribution in [0.1, 0.15) is 22.7 Å². The zero-order chi connectivity index (χ0) is 13.7. The van der Waals surface area contributed by atoms with Gasteiger partial charge in [0.2, 0.25) is 5.91 Å². The fourth-order valence-corrected chi connectivity index (χ4v) is 1.24. The van der Waals surface area contributed by atoms with Gasteiger partial charge in [-0.3, -0.25) is 9.59 Å². The Morgan fingerprint density at radius 2 is 2.06 bits per heavy atom. The van der Waals surface area contributed by atoms with E-state index in [9.17, 15) is 14.4 Å². The molecular weight excluding hydrogens is 242 g/mol. The molecule has 0 aliphatic heterocycles. The number of hydrogen-bond acceptors (Lipinski definition) is 5. The zero-order valence-electron chi connectivity index (χ0n) is 9.38. The first-order valence-corrected chi connectivity index (χ1v) is 5.04. The van der Waals surface area contributed by atoms with Gasteiger partial charge in [0.25, 0.3) is 5.91 Å². The van der Waals surface area contributed by atoms with Gasteiger partial charge in [-0.05, 0) is 12.1 Å². The smallest absolute Gasteiger partial charge is 0.326 e. The first-order valence-electron chi connectivity index (χ1n) is 5.04. The molecule has 8 heteroatoms. The highest BCUT2D eigenvalue weighted by Crippen LogP contribution is 2.07. The van der Waals surface area contributed by atoms with Gasteiger partial charge >= 0.3 is 5.97 Å². The Kier molecular flexibility index (Phi) is 4.44. The molecular formula is C10H13N3O5. The van der Waals surface area contributed by atoms with Gasteiger partial charge in [-0.15, -0.1) is 0 Å². The van der Waals surface area contributed by atoms with Gasteiger partial charge < -0.3 is 26.3 Å². The van der Waals surface area contributed by atoms with Crippen molar-refractivity contribution in [1.29, 1.82) is 0 Å². The maximum Gasteiger partial charge on any atom is 0.326 e. The lowest BCUT2D eigenvalue weighted by Crippen LogP contribution is -2.43. The summed E-state index contributed by atoms with van der Waals surface area (Å²) in [5, 5.41) is 10.9. The SMILES string of the molecule is NCc1ccc(C(=O)N[C@@H](CC(N)=O)C(=O)O)o1. The lowest BCUT2D eigenvalue weighted by molar-refractivity contribution is -0.140.